The lowest BCUT2D eigenvalue weighted by Crippen LogP contribution is -2.53. The Morgan fingerprint density at radius 2 is 1.52 bits per heavy atom. The van der Waals surface area contributed by atoms with Gasteiger partial charge in [-0.25, -0.2) is 8.42 Å². The molecule has 0 aliphatic rings. The summed E-state index contributed by atoms with van der Waals surface area (Å²) in [4.78, 5) is 28.7. The van der Waals surface area contributed by atoms with E-state index in [0.29, 0.717) is 24.5 Å². The summed E-state index contributed by atoms with van der Waals surface area (Å²) in [6, 6.07) is 21.4. The predicted octanol–water partition coefficient (Wildman–Crippen LogP) is 4.92. The summed E-state index contributed by atoms with van der Waals surface area (Å²) in [6.45, 7) is 9.52. The molecule has 0 aromatic heterocycles. The molecule has 1 atom stereocenters. The fourth-order valence-corrected chi connectivity index (χ4v) is 5.73. The lowest BCUT2D eigenvalue weighted by molar-refractivity contribution is -0.140. The van der Waals surface area contributed by atoms with Crippen LogP contribution in [0.5, 0.6) is 5.75 Å². The number of hydrogen-bond donors (Lipinski definition) is 1. The lowest BCUT2D eigenvalue weighted by atomic mass is 10.1. The predicted molar refractivity (Wildman–Crippen MR) is 158 cm³/mol. The van der Waals surface area contributed by atoms with Gasteiger partial charge in [0.15, 0.2) is 0 Å². The van der Waals surface area contributed by atoms with Crippen LogP contribution in [0.2, 0.25) is 0 Å². The highest BCUT2D eigenvalue weighted by atomic mass is 32.2. The van der Waals surface area contributed by atoms with E-state index in [9.17, 15) is 18.0 Å². The van der Waals surface area contributed by atoms with Crippen LogP contribution in [0.1, 0.15) is 45.2 Å². The van der Waals surface area contributed by atoms with Gasteiger partial charge < -0.3 is 15.0 Å². The zero-order chi connectivity index (χ0) is 29.3. The highest BCUT2D eigenvalue weighted by Crippen LogP contribution is 2.26. The molecular formula is C31H39N3O5S. The molecule has 0 aliphatic heterocycles. The molecular weight excluding hydrogens is 526 g/mol. The summed E-state index contributed by atoms with van der Waals surface area (Å²) >= 11 is 0. The molecule has 8 nitrogen and oxygen atoms in total. The van der Waals surface area contributed by atoms with Gasteiger partial charge in [-0.1, -0.05) is 55.0 Å². The third kappa shape index (κ3) is 7.85. The Kier molecular flexibility index (Phi) is 10.7. The number of ether oxygens (including phenoxy) is 1. The molecule has 0 unspecified atom stereocenters. The Labute approximate surface area is 238 Å². The van der Waals surface area contributed by atoms with Gasteiger partial charge in [-0.2, -0.15) is 0 Å². The second-order valence-corrected chi connectivity index (χ2v) is 11.7. The number of carbonyl (C=O) groups excluding carboxylic acids is 2. The van der Waals surface area contributed by atoms with Crippen molar-refractivity contribution in [3.05, 3.63) is 90.0 Å². The molecule has 0 fully saturated rings. The summed E-state index contributed by atoms with van der Waals surface area (Å²) in [7, 11) is -4.13. The maximum Gasteiger partial charge on any atom is 0.264 e. The molecule has 0 radical (unpaired) electrons. The molecule has 0 heterocycles. The van der Waals surface area contributed by atoms with Gasteiger partial charge in [0.2, 0.25) is 11.8 Å². The maximum atomic E-state index is 14.0. The van der Waals surface area contributed by atoms with Crippen LogP contribution in [0.3, 0.4) is 0 Å². The van der Waals surface area contributed by atoms with Crippen LogP contribution in [0.15, 0.2) is 83.8 Å². The monoisotopic (exact) mass is 565 g/mol. The van der Waals surface area contributed by atoms with E-state index in [1.807, 2.05) is 58.9 Å². The quantitative estimate of drug-likeness (QED) is 0.317. The molecule has 9 heteroatoms. The topological polar surface area (TPSA) is 96.0 Å². The van der Waals surface area contributed by atoms with E-state index in [-0.39, 0.29) is 23.4 Å². The Balaban J connectivity index is 2.02. The Morgan fingerprint density at radius 1 is 0.900 bits per heavy atom. The van der Waals surface area contributed by atoms with Crippen molar-refractivity contribution in [1.29, 1.82) is 0 Å². The van der Waals surface area contributed by atoms with Crippen LogP contribution < -0.4 is 14.4 Å². The standard InChI is InChI=1S/C31H39N3O5S/c1-6-29(31(36)32-23(3)4)33(21-25-15-13-24(5)14-16-25)30(35)22-34(26-11-9-8-10-12-26)40(37,38)28-19-17-27(18-20-28)39-7-2/h8-20,23,29H,6-7,21-22H2,1-5H3,(H,32,36)/t29-/m1/s1. The first-order valence-electron chi connectivity index (χ1n) is 13.5. The summed E-state index contributed by atoms with van der Waals surface area (Å²) in [5.41, 5.74) is 2.26. The van der Waals surface area contributed by atoms with Crippen LogP contribution in [0.25, 0.3) is 0 Å². The summed E-state index contributed by atoms with van der Waals surface area (Å²) in [5.74, 6) is -0.210. The molecule has 3 aromatic rings. The van der Waals surface area contributed by atoms with Gasteiger partial charge in [-0.05, 0) is 76.1 Å². The van der Waals surface area contributed by atoms with Gasteiger partial charge in [0.1, 0.15) is 18.3 Å². The van der Waals surface area contributed by atoms with E-state index in [4.69, 9.17) is 4.74 Å². The average molecular weight is 566 g/mol. The Morgan fingerprint density at radius 3 is 2.08 bits per heavy atom. The number of carbonyl (C=O) groups is 2. The first kappa shape index (κ1) is 30.7. The molecule has 0 bridgehead atoms. The number of amides is 2. The summed E-state index contributed by atoms with van der Waals surface area (Å²) in [6.07, 6.45) is 0.368. The van der Waals surface area contributed by atoms with Crippen LogP contribution in [-0.4, -0.2) is 50.4 Å². The molecule has 0 saturated carbocycles. The number of hydrogen-bond acceptors (Lipinski definition) is 5. The van der Waals surface area contributed by atoms with Gasteiger partial charge in [-0.15, -0.1) is 0 Å². The minimum atomic E-state index is -4.13. The highest BCUT2D eigenvalue weighted by molar-refractivity contribution is 7.92. The van der Waals surface area contributed by atoms with Crippen LogP contribution in [-0.2, 0) is 26.2 Å². The molecule has 2 amide bonds. The number of nitrogens with zero attached hydrogens (tertiary/aromatic N) is 2. The second kappa shape index (κ2) is 14.0. The zero-order valence-electron chi connectivity index (χ0n) is 23.8. The number of rotatable bonds is 13. The van der Waals surface area contributed by atoms with Crippen molar-refractivity contribution in [2.24, 2.45) is 0 Å². The van der Waals surface area contributed by atoms with Crippen molar-refractivity contribution < 1.29 is 22.7 Å². The normalized spacial score (nSPS) is 12.1. The van der Waals surface area contributed by atoms with E-state index in [1.54, 1.807) is 42.5 Å². The van der Waals surface area contributed by atoms with Crippen molar-refractivity contribution in [3.63, 3.8) is 0 Å². The molecule has 3 aromatic carbocycles. The smallest absolute Gasteiger partial charge is 0.264 e. The van der Waals surface area contributed by atoms with Gasteiger partial charge >= 0.3 is 0 Å². The fourth-order valence-electron chi connectivity index (χ4n) is 4.32. The van der Waals surface area contributed by atoms with Crippen molar-refractivity contribution >= 4 is 27.5 Å². The fraction of sp³-hybridized carbons (Fsp3) is 0.355. The van der Waals surface area contributed by atoms with Gasteiger partial charge in [0.25, 0.3) is 10.0 Å². The van der Waals surface area contributed by atoms with E-state index >= 15 is 0 Å². The molecule has 0 saturated heterocycles. The Bertz CT molecular complexity index is 1360. The largest absolute Gasteiger partial charge is 0.494 e. The number of para-hydroxylation sites is 1. The second-order valence-electron chi connectivity index (χ2n) is 9.85. The number of anilines is 1. The number of benzene rings is 3. The van der Waals surface area contributed by atoms with Crippen molar-refractivity contribution in [2.75, 3.05) is 17.5 Å². The molecule has 3 rings (SSSR count). The van der Waals surface area contributed by atoms with Crippen LogP contribution >= 0.6 is 0 Å². The summed E-state index contributed by atoms with van der Waals surface area (Å²) in [5, 5.41) is 2.90. The third-order valence-corrected chi connectivity index (χ3v) is 8.12. The highest BCUT2D eigenvalue weighted by Gasteiger charge is 2.33. The molecule has 40 heavy (non-hydrogen) atoms. The van der Waals surface area contributed by atoms with E-state index in [1.165, 1.54) is 17.0 Å². The molecule has 1 N–H and O–H groups in total. The van der Waals surface area contributed by atoms with Crippen molar-refractivity contribution in [1.82, 2.24) is 10.2 Å². The lowest BCUT2D eigenvalue weighted by Gasteiger charge is -2.33. The molecule has 214 valence electrons. The third-order valence-electron chi connectivity index (χ3n) is 6.34. The van der Waals surface area contributed by atoms with Crippen molar-refractivity contribution in [3.8, 4) is 5.75 Å². The number of sulfonamides is 1. The van der Waals surface area contributed by atoms with Gasteiger partial charge in [0, 0.05) is 12.6 Å². The SMILES string of the molecule is CCOc1ccc(S(=O)(=O)N(CC(=O)N(Cc2ccc(C)cc2)[C@H](CC)C(=O)NC(C)C)c2ccccc2)cc1. The zero-order valence-corrected chi connectivity index (χ0v) is 24.6. The average Bonchev–Trinajstić information content (AvgIpc) is 2.93. The van der Waals surface area contributed by atoms with E-state index < -0.39 is 28.5 Å². The van der Waals surface area contributed by atoms with E-state index in [0.717, 1.165) is 15.4 Å². The minimum absolute atomic E-state index is 0.0299. The summed E-state index contributed by atoms with van der Waals surface area (Å²) < 4.78 is 34.4. The van der Waals surface area contributed by atoms with Gasteiger partial charge in [-0.3, -0.25) is 13.9 Å². The van der Waals surface area contributed by atoms with Crippen LogP contribution in [0.4, 0.5) is 5.69 Å². The molecule has 0 aliphatic carbocycles. The number of nitrogens with one attached hydrogen (secondary N) is 1. The van der Waals surface area contributed by atoms with E-state index in [2.05, 4.69) is 5.32 Å². The van der Waals surface area contributed by atoms with Crippen molar-refractivity contribution in [2.45, 2.75) is 64.6 Å². The first-order valence-corrected chi connectivity index (χ1v) is 15.0. The minimum Gasteiger partial charge on any atom is -0.494 e. The first-order chi connectivity index (χ1) is 19.1. The number of aryl methyl sites for hydroxylation is 1. The van der Waals surface area contributed by atoms with Crippen LogP contribution in [0, 0.1) is 6.92 Å². The molecule has 0 spiro atoms. The maximum absolute atomic E-state index is 14.0. The Hall–Kier alpha value is -3.85. The van der Waals surface area contributed by atoms with Gasteiger partial charge in [0.05, 0.1) is 17.2 Å².